The van der Waals surface area contributed by atoms with Gasteiger partial charge in [-0.2, -0.15) is 0 Å². The smallest absolute Gasteiger partial charge is 0.263 e. The van der Waals surface area contributed by atoms with Crippen molar-refractivity contribution in [1.82, 2.24) is 4.90 Å². The van der Waals surface area contributed by atoms with Crippen LogP contribution < -0.4 is 10.5 Å². The van der Waals surface area contributed by atoms with Crippen LogP contribution in [0.1, 0.15) is 33.1 Å². The van der Waals surface area contributed by atoms with Crippen LogP contribution in [-0.2, 0) is 4.79 Å². The Bertz CT molecular complexity index is 496. The largest absolute Gasteiger partial charge is 0.481 e. The molecular weight excluding hydrogens is 332 g/mol. The van der Waals surface area contributed by atoms with Crippen molar-refractivity contribution in [3.05, 3.63) is 24.3 Å². The summed E-state index contributed by atoms with van der Waals surface area (Å²) in [7, 11) is 0. The molecule has 4 nitrogen and oxygen atoms in total. The number of hydrogen-bond donors (Lipinski definition) is 1. The Labute approximate surface area is 149 Å². The number of likely N-dealkylation sites (tertiary alicyclic amines) is 1. The minimum absolute atomic E-state index is 0. The zero-order valence-electron chi connectivity index (χ0n) is 14.0. The lowest BCUT2D eigenvalue weighted by atomic mass is 9.96. The van der Waals surface area contributed by atoms with E-state index in [-0.39, 0.29) is 30.4 Å². The molecule has 1 aliphatic rings. The van der Waals surface area contributed by atoms with Crippen molar-refractivity contribution in [3.63, 3.8) is 0 Å². The second-order valence-corrected chi connectivity index (χ2v) is 6.77. The summed E-state index contributed by atoms with van der Waals surface area (Å²) in [6.45, 7) is 4.57. The van der Waals surface area contributed by atoms with Gasteiger partial charge in [-0.25, -0.2) is 0 Å². The molecule has 1 saturated heterocycles. The zero-order valence-corrected chi connectivity index (χ0v) is 15.7. The third-order valence-corrected chi connectivity index (χ3v) is 4.90. The van der Waals surface area contributed by atoms with Gasteiger partial charge in [-0.3, -0.25) is 4.79 Å². The monoisotopic (exact) mass is 358 g/mol. The van der Waals surface area contributed by atoms with Crippen molar-refractivity contribution in [3.8, 4) is 5.75 Å². The average molecular weight is 359 g/mol. The number of rotatable bonds is 5. The van der Waals surface area contributed by atoms with Gasteiger partial charge in [-0.05, 0) is 63.6 Å². The molecule has 0 bridgehead atoms. The molecule has 1 aromatic carbocycles. The molecule has 0 radical (unpaired) electrons. The summed E-state index contributed by atoms with van der Waals surface area (Å²) in [5, 5.41) is 0. The van der Waals surface area contributed by atoms with E-state index in [1.165, 1.54) is 4.90 Å². The lowest BCUT2D eigenvalue weighted by molar-refractivity contribution is -0.142. The zero-order chi connectivity index (χ0) is 16.1. The fourth-order valence-corrected chi connectivity index (χ4v) is 3.33. The molecule has 0 aromatic heterocycles. The van der Waals surface area contributed by atoms with E-state index in [4.69, 9.17) is 10.5 Å². The van der Waals surface area contributed by atoms with Crippen molar-refractivity contribution < 1.29 is 9.53 Å². The predicted molar refractivity (Wildman–Crippen MR) is 98.6 cm³/mol. The standard InChI is InChI=1S/C17H26N2O2S.ClH/c1-12(18)16-6-4-5-11-19(16)17(20)13(2)21-14-7-9-15(22-3)10-8-14;/h7-10,12-13,16H,4-6,11,18H2,1-3H3;1H. The van der Waals surface area contributed by atoms with Crippen LogP contribution in [0.4, 0.5) is 0 Å². The van der Waals surface area contributed by atoms with Crippen molar-refractivity contribution in [1.29, 1.82) is 0 Å². The van der Waals surface area contributed by atoms with Crippen LogP contribution in [-0.4, -0.2) is 41.8 Å². The van der Waals surface area contributed by atoms with Gasteiger partial charge in [0.15, 0.2) is 6.10 Å². The van der Waals surface area contributed by atoms with Crippen LogP contribution >= 0.6 is 24.2 Å². The van der Waals surface area contributed by atoms with E-state index < -0.39 is 6.10 Å². The fraction of sp³-hybridized carbons (Fsp3) is 0.588. The SMILES string of the molecule is CSc1ccc(OC(C)C(=O)N2CCCCC2C(C)N)cc1.Cl. The number of nitrogens with zero attached hydrogens (tertiary/aromatic N) is 1. The van der Waals surface area contributed by atoms with Gasteiger partial charge in [-0.1, -0.05) is 0 Å². The first kappa shape index (κ1) is 20.1. The quantitative estimate of drug-likeness (QED) is 0.820. The van der Waals surface area contributed by atoms with Gasteiger partial charge in [0.2, 0.25) is 0 Å². The van der Waals surface area contributed by atoms with E-state index in [1.807, 2.05) is 49.3 Å². The van der Waals surface area contributed by atoms with E-state index in [9.17, 15) is 4.79 Å². The highest BCUT2D eigenvalue weighted by molar-refractivity contribution is 7.98. The summed E-state index contributed by atoms with van der Waals surface area (Å²) in [6.07, 6.45) is 4.72. The molecule has 2 N–H and O–H groups in total. The Hall–Kier alpha value is -0.910. The Balaban J connectivity index is 0.00000264. The molecule has 0 spiro atoms. The second kappa shape index (κ2) is 9.40. The molecule has 3 unspecified atom stereocenters. The van der Waals surface area contributed by atoms with E-state index in [0.717, 1.165) is 31.6 Å². The molecule has 130 valence electrons. The Morgan fingerprint density at radius 2 is 1.96 bits per heavy atom. The summed E-state index contributed by atoms with van der Waals surface area (Å²) >= 11 is 1.68. The van der Waals surface area contributed by atoms with Crippen LogP contribution in [0.3, 0.4) is 0 Å². The highest BCUT2D eigenvalue weighted by Crippen LogP contribution is 2.23. The summed E-state index contributed by atoms with van der Waals surface area (Å²) < 4.78 is 5.82. The number of thioether (sulfide) groups is 1. The molecule has 3 atom stereocenters. The van der Waals surface area contributed by atoms with Crippen LogP contribution in [0.5, 0.6) is 5.75 Å². The maximum atomic E-state index is 12.7. The number of amides is 1. The van der Waals surface area contributed by atoms with Crippen LogP contribution in [0.25, 0.3) is 0 Å². The normalized spacial score (nSPS) is 20.3. The van der Waals surface area contributed by atoms with Crippen molar-refractivity contribution >= 4 is 30.1 Å². The molecule has 6 heteroatoms. The van der Waals surface area contributed by atoms with Crippen molar-refractivity contribution in [2.24, 2.45) is 5.73 Å². The fourth-order valence-electron chi connectivity index (χ4n) is 2.92. The first-order valence-electron chi connectivity index (χ1n) is 7.89. The molecule has 2 rings (SSSR count). The molecule has 0 aliphatic carbocycles. The summed E-state index contributed by atoms with van der Waals surface area (Å²) in [5.74, 6) is 0.768. The first-order valence-corrected chi connectivity index (χ1v) is 9.12. The number of carbonyl (C=O) groups is 1. The van der Waals surface area contributed by atoms with Gasteiger partial charge < -0.3 is 15.4 Å². The lowest BCUT2D eigenvalue weighted by Crippen LogP contribution is -2.54. The Morgan fingerprint density at radius 1 is 1.30 bits per heavy atom. The minimum atomic E-state index is -0.487. The number of benzene rings is 1. The van der Waals surface area contributed by atoms with Crippen LogP contribution in [0, 0.1) is 0 Å². The van der Waals surface area contributed by atoms with Gasteiger partial charge in [0, 0.05) is 23.5 Å². The molecule has 1 amide bonds. The molecule has 1 aromatic rings. The molecule has 1 aliphatic heterocycles. The number of piperidine rings is 1. The second-order valence-electron chi connectivity index (χ2n) is 5.89. The highest BCUT2D eigenvalue weighted by atomic mass is 35.5. The van der Waals surface area contributed by atoms with Crippen molar-refractivity contribution in [2.45, 2.75) is 56.2 Å². The molecule has 23 heavy (non-hydrogen) atoms. The average Bonchev–Trinajstić information content (AvgIpc) is 2.54. The van der Waals surface area contributed by atoms with Crippen LogP contribution in [0.15, 0.2) is 29.2 Å². The van der Waals surface area contributed by atoms with Gasteiger partial charge in [0.1, 0.15) is 5.75 Å². The Kier molecular flexibility index (Phi) is 8.23. The van der Waals surface area contributed by atoms with Crippen molar-refractivity contribution in [2.75, 3.05) is 12.8 Å². The van der Waals surface area contributed by atoms with Gasteiger partial charge in [0.25, 0.3) is 5.91 Å². The molecular formula is C17H27ClN2O2S. The number of hydrogen-bond acceptors (Lipinski definition) is 4. The summed E-state index contributed by atoms with van der Waals surface area (Å²) in [6, 6.07) is 7.96. The minimum Gasteiger partial charge on any atom is -0.481 e. The molecule has 1 heterocycles. The van der Waals surface area contributed by atoms with E-state index in [1.54, 1.807) is 11.8 Å². The third kappa shape index (κ3) is 5.30. The number of carbonyl (C=O) groups excluding carboxylic acids is 1. The highest BCUT2D eigenvalue weighted by Gasteiger charge is 2.32. The summed E-state index contributed by atoms with van der Waals surface area (Å²) in [5.41, 5.74) is 6.04. The molecule has 0 saturated carbocycles. The van der Waals surface area contributed by atoms with E-state index in [2.05, 4.69) is 0 Å². The number of halogens is 1. The number of ether oxygens (including phenoxy) is 1. The summed E-state index contributed by atoms with van der Waals surface area (Å²) in [4.78, 5) is 15.8. The number of nitrogens with two attached hydrogens (primary N) is 1. The third-order valence-electron chi connectivity index (χ3n) is 4.16. The predicted octanol–water partition coefficient (Wildman–Crippen LogP) is 3.33. The van der Waals surface area contributed by atoms with Gasteiger partial charge >= 0.3 is 0 Å². The molecule has 1 fully saturated rings. The van der Waals surface area contributed by atoms with Crippen LogP contribution in [0.2, 0.25) is 0 Å². The maximum Gasteiger partial charge on any atom is 0.263 e. The van der Waals surface area contributed by atoms with Gasteiger partial charge in [0.05, 0.1) is 0 Å². The first-order chi connectivity index (χ1) is 10.5. The lowest BCUT2D eigenvalue weighted by Gasteiger charge is -2.39. The maximum absolute atomic E-state index is 12.7. The Morgan fingerprint density at radius 3 is 2.52 bits per heavy atom. The topological polar surface area (TPSA) is 55.6 Å². The van der Waals surface area contributed by atoms with E-state index >= 15 is 0 Å². The van der Waals surface area contributed by atoms with E-state index in [0.29, 0.717) is 0 Å². The van der Waals surface area contributed by atoms with Gasteiger partial charge in [-0.15, -0.1) is 24.2 Å².